The number of nitrogens with two attached hydrogens (primary N) is 3. The van der Waals surface area contributed by atoms with Crippen molar-refractivity contribution in [3.05, 3.63) is 28.1 Å². The van der Waals surface area contributed by atoms with Crippen molar-refractivity contribution in [1.29, 1.82) is 5.26 Å². The Balaban J connectivity index is 1.65. The van der Waals surface area contributed by atoms with Crippen molar-refractivity contribution in [2.75, 3.05) is 18.8 Å². The number of rotatable bonds is 3. The Labute approximate surface area is 176 Å². The van der Waals surface area contributed by atoms with Crippen LogP contribution in [0.4, 0.5) is 5.69 Å². The first-order chi connectivity index (χ1) is 14.3. The highest BCUT2D eigenvalue weighted by atomic mass is 32.1. The summed E-state index contributed by atoms with van der Waals surface area (Å²) >= 11 is 1.20. The molecule has 2 amide bonds. The van der Waals surface area contributed by atoms with Crippen LogP contribution in [0.1, 0.15) is 52.1 Å². The lowest BCUT2D eigenvalue weighted by atomic mass is 9.83. The molecule has 9 nitrogen and oxygen atoms in total. The highest BCUT2D eigenvalue weighted by Gasteiger charge is 2.38. The van der Waals surface area contributed by atoms with Gasteiger partial charge >= 0.3 is 0 Å². The van der Waals surface area contributed by atoms with Gasteiger partial charge in [-0.05, 0) is 24.5 Å². The molecule has 2 aliphatic rings. The summed E-state index contributed by atoms with van der Waals surface area (Å²) in [7, 11) is 0. The number of carbonyl (C=O) groups is 3. The van der Waals surface area contributed by atoms with E-state index in [-0.39, 0.29) is 30.1 Å². The maximum absolute atomic E-state index is 13.1. The van der Waals surface area contributed by atoms with Crippen LogP contribution < -0.4 is 22.5 Å². The second-order valence-corrected chi connectivity index (χ2v) is 8.66. The molecule has 0 radical (unpaired) electrons. The van der Waals surface area contributed by atoms with Gasteiger partial charge < -0.3 is 27.4 Å². The van der Waals surface area contributed by atoms with Gasteiger partial charge in [-0.25, -0.2) is 0 Å². The van der Waals surface area contributed by atoms with E-state index >= 15 is 0 Å². The minimum atomic E-state index is -0.996. The summed E-state index contributed by atoms with van der Waals surface area (Å²) in [6, 6.07) is 3.16. The Bertz CT molecular complexity index is 1100. The minimum absolute atomic E-state index is 0.180. The van der Waals surface area contributed by atoms with Crippen LogP contribution in [0.2, 0.25) is 0 Å². The van der Waals surface area contributed by atoms with E-state index in [9.17, 15) is 14.4 Å². The molecule has 7 N–H and O–H groups in total. The van der Waals surface area contributed by atoms with Crippen LogP contribution >= 0.6 is 11.3 Å². The first-order valence-corrected chi connectivity index (χ1v) is 10.5. The summed E-state index contributed by atoms with van der Waals surface area (Å²) in [6.07, 6.45) is 1.26. The molecule has 0 spiro atoms. The van der Waals surface area contributed by atoms with E-state index in [1.807, 2.05) is 6.07 Å². The number of ketones is 1. The van der Waals surface area contributed by atoms with Gasteiger partial charge in [0, 0.05) is 35.8 Å². The van der Waals surface area contributed by atoms with Crippen LogP contribution in [0.15, 0.2) is 12.1 Å². The van der Waals surface area contributed by atoms with Gasteiger partial charge in [-0.3, -0.25) is 14.4 Å². The summed E-state index contributed by atoms with van der Waals surface area (Å²) in [5.41, 5.74) is 19.9. The average Bonchev–Trinajstić information content (AvgIpc) is 3.14. The molecular formula is C20H22N6O3S. The largest absolute Gasteiger partial charge is 0.398 e. The number of nitriles is 1. The standard InChI is InChI=1S/C20H22N6O3S/c21-6-5-12(27)26-7-1-2-9(8-26)25-20(29)19-14-13-10(15(23)17(28)16(14)24)3-4-11(22)18(13)30-19/h3-4,9,15-16H,1-2,5,7-8,22-24H2,(H,25,29). The van der Waals surface area contributed by atoms with Crippen LogP contribution in [0.25, 0.3) is 10.1 Å². The highest BCUT2D eigenvalue weighted by molar-refractivity contribution is 7.21. The molecule has 1 aliphatic carbocycles. The third-order valence-electron chi connectivity index (χ3n) is 5.74. The van der Waals surface area contributed by atoms with E-state index in [4.69, 9.17) is 22.5 Å². The summed E-state index contributed by atoms with van der Waals surface area (Å²) in [6.45, 7) is 0.911. The number of nitrogen functional groups attached to an aromatic ring is 1. The zero-order chi connectivity index (χ0) is 21.6. The quantitative estimate of drug-likeness (QED) is 0.524. The van der Waals surface area contributed by atoms with Crippen molar-refractivity contribution >= 4 is 44.7 Å². The number of likely N-dealkylation sites (tertiary alicyclic amines) is 1. The number of nitrogens with zero attached hydrogens (tertiary/aromatic N) is 2. The number of amides is 2. The molecule has 3 atom stereocenters. The lowest BCUT2D eigenvalue weighted by Crippen LogP contribution is -2.49. The second kappa shape index (κ2) is 7.68. The lowest BCUT2D eigenvalue weighted by Gasteiger charge is -2.33. The van der Waals surface area contributed by atoms with Crippen LogP contribution in [-0.2, 0) is 9.59 Å². The van der Waals surface area contributed by atoms with Gasteiger partial charge in [-0.1, -0.05) is 6.07 Å². The number of anilines is 1. The fourth-order valence-electron chi connectivity index (χ4n) is 4.24. The van der Waals surface area contributed by atoms with E-state index in [2.05, 4.69) is 5.32 Å². The molecule has 156 valence electrons. The predicted octanol–water partition coefficient (Wildman–Crippen LogP) is 0.700. The SMILES string of the molecule is N#CCC(=O)N1CCCC(NC(=O)c2sc3c(N)ccc4c3c2C(N)C(=O)C4N)C1. The molecular weight excluding hydrogens is 404 g/mol. The highest BCUT2D eigenvalue weighted by Crippen LogP contribution is 2.45. The van der Waals surface area contributed by atoms with Crippen LogP contribution in [0, 0.1) is 11.3 Å². The Kier molecular flexibility index (Phi) is 5.19. The molecule has 1 aliphatic heterocycles. The first-order valence-electron chi connectivity index (χ1n) is 9.68. The van der Waals surface area contributed by atoms with Crippen molar-refractivity contribution in [2.24, 2.45) is 11.5 Å². The molecule has 4 rings (SSSR count). The first kappa shape index (κ1) is 20.3. The zero-order valence-corrected chi connectivity index (χ0v) is 17.0. The summed E-state index contributed by atoms with van der Waals surface area (Å²) in [5.74, 6) is -0.936. The predicted molar refractivity (Wildman–Crippen MR) is 112 cm³/mol. The number of carbonyl (C=O) groups excluding carboxylic acids is 3. The zero-order valence-electron chi connectivity index (χ0n) is 16.2. The maximum atomic E-state index is 13.1. The van der Waals surface area contributed by atoms with Gasteiger partial charge in [0.15, 0.2) is 5.78 Å². The number of hydrogen-bond donors (Lipinski definition) is 4. The lowest BCUT2D eigenvalue weighted by molar-refractivity contribution is -0.131. The van der Waals surface area contributed by atoms with Crippen molar-refractivity contribution in [3.63, 3.8) is 0 Å². The molecule has 2 heterocycles. The molecule has 0 bridgehead atoms. The molecule has 0 saturated carbocycles. The van der Waals surface area contributed by atoms with Crippen molar-refractivity contribution in [3.8, 4) is 6.07 Å². The Morgan fingerprint density at radius 3 is 2.80 bits per heavy atom. The number of piperidine rings is 1. The minimum Gasteiger partial charge on any atom is -0.398 e. The average molecular weight is 427 g/mol. The van der Waals surface area contributed by atoms with Crippen molar-refractivity contribution in [2.45, 2.75) is 37.4 Å². The van der Waals surface area contributed by atoms with E-state index in [0.717, 1.165) is 6.42 Å². The molecule has 10 heteroatoms. The molecule has 3 unspecified atom stereocenters. The monoisotopic (exact) mass is 426 g/mol. The summed E-state index contributed by atoms with van der Waals surface area (Å²) in [4.78, 5) is 39.7. The normalized spacial score (nSPS) is 23.3. The third-order valence-corrected chi connectivity index (χ3v) is 7.00. The number of hydrogen-bond acceptors (Lipinski definition) is 8. The molecule has 1 saturated heterocycles. The Morgan fingerprint density at radius 2 is 2.07 bits per heavy atom. The van der Waals surface area contributed by atoms with Gasteiger partial charge in [0.25, 0.3) is 5.91 Å². The van der Waals surface area contributed by atoms with Crippen molar-refractivity contribution < 1.29 is 14.4 Å². The van der Waals surface area contributed by atoms with Gasteiger partial charge in [-0.15, -0.1) is 11.3 Å². The van der Waals surface area contributed by atoms with Gasteiger partial charge in [0.1, 0.15) is 6.42 Å². The van der Waals surface area contributed by atoms with Crippen LogP contribution in [0.5, 0.6) is 0 Å². The van der Waals surface area contributed by atoms with E-state index in [1.54, 1.807) is 17.0 Å². The topological polar surface area (TPSA) is 168 Å². The smallest absolute Gasteiger partial charge is 0.262 e. The fourth-order valence-corrected chi connectivity index (χ4v) is 5.45. The van der Waals surface area contributed by atoms with Crippen LogP contribution in [0.3, 0.4) is 0 Å². The molecule has 1 aromatic carbocycles. The number of thiophene rings is 1. The van der Waals surface area contributed by atoms with Crippen molar-refractivity contribution in [1.82, 2.24) is 10.2 Å². The molecule has 2 aromatic rings. The number of Topliss-reactive ketones (excluding diaryl/α,β-unsaturated/α-hetero) is 1. The number of nitrogens with one attached hydrogen (secondary N) is 1. The summed E-state index contributed by atoms with van der Waals surface area (Å²) in [5, 5.41) is 12.4. The fraction of sp³-hybridized carbons (Fsp3) is 0.400. The van der Waals surface area contributed by atoms with Gasteiger partial charge in [0.2, 0.25) is 5.91 Å². The molecule has 1 aromatic heterocycles. The van der Waals surface area contributed by atoms with Gasteiger partial charge in [-0.2, -0.15) is 5.26 Å². The van der Waals surface area contributed by atoms with E-state index in [0.29, 0.717) is 51.3 Å². The van der Waals surface area contributed by atoms with Crippen LogP contribution in [-0.4, -0.2) is 41.6 Å². The van der Waals surface area contributed by atoms with Gasteiger partial charge in [0.05, 0.1) is 27.7 Å². The number of benzene rings is 1. The van der Waals surface area contributed by atoms with E-state index in [1.165, 1.54) is 11.3 Å². The Hall–Kier alpha value is -3.00. The maximum Gasteiger partial charge on any atom is 0.262 e. The Morgan fingerprint density at radius 1 is 1.30 bits per heavy atom. The second-order valence-electron chi connectivity index (χ2n) is 7.64. The third kappa shape index (κ3) is 3.21. The molecule has 30 heavy (non-hydrogen) atoms. The summed E-state index contributed by atoms with van der Waals surface area (Å²) < 4.78 is 0.695. The molecule has 1 fully saturated rings. The van der Waals surface area contributed by atoms with E-state index < -0.39 is 12.1 Å².